The Morgan fingerprint density at radius 3 is 2.71 bits per heavy atom. The Bertz CT molecular complexity index is 500. The molecule has 4 heteroatoms. The first-order valence-corrected chi connectivity index (χ1v) is 7.99. The first kappa shape index (κ1) is 14.4. The Kier molecular flexibility index (Phi) is 4.15. The third-order valence-corrected chi connectivity index (χ3v) is 4.99. The number of fused-ring (bicyclic) bond motifs is 1. The van der Waals surface area contributed by atoms with Crippen LogP contribution in [0, 0.1) is 5.92 Å². The van der Waals surface area contributed by atoms with Crippen molar-refractivity contribution >= 4 is 5.91 Å². The molecule has 3 unspecified atom stereocenters. The summed E-state index contributed by atoms with van der Waals surface area (Å²) in [4.78, 5) is 14.7. The second-order valence-electron chi connectivity index (χ2n) is 6.41. The largest absolute Gasteiger partial charge is 0.508 e. The highest BCUT2D eigenvalue weighted by Gasteiger charge is 2.38. The fourth-order valence-corrected chi connectivity index (χ4v) is 3.91. The standard InChI is InChI=1S/C17H24N2O2/c18-15(11-12-6-8-14(20)9-7-12)17(21)19-10-2-4-13-3-1-5-16(13)19/h6-9,13,15-16,20H,1-5,10-11,18H2. The lowest BCUT2D eigenvalue weighted by Gasteiger charge is -2.39. The predicted molar refractivity (Wildman–Crippen MR) is 81.9 cm³/mol. The van der Waals surface area contributed by atoms with Crippen LogP contribution in [0.15, 0.2) is 24.3 Å². The molecular weight excluding hydrogens is 264 g/mol. The van der Waals surface area contributed by atoms with Gasteiger partial charge in [-0.05, 0) is 55.7 Å². The molecule has 0 aromatic heterocycles. The molecule has 1 aliphatic heterocycles. The molecule has 4 nitrogen and oxygen atoms in total. The minimum Gasteiger partial charge on any atom is -0.508 e. The van der Waals surface area contributed by atoms with Gasteiger partial charge in [-0.3, -0.25) is 4.79 Å². The number of rotatable bonds is 3. The number of piperidine rings is 1. The maximum absolute atomic E-state index is 12.7. The maximum atomic E-state index is 12.7. The van der Waals surface area contributed by atoms with Gasteiger partial charge in [0.05, 0.1) is 6.04 Å². The van der Waals surface area contributed by atoms with Crippen molar-refractivity contribution in [1.82, 2.24) is 4.90 Å². The number of carbonyl (C=O) groups excluding carboxylic acids is 1. The van der Waals surface area contributed by atoms with Gasteiger partial charge in [-0.25, -0.2) is 0 Å². The Balaban J connectivity index is 1.65. The summed E-state index contributed by atoms with van der Waals surface area (Å²) in [7, 11) is 0. The minimum atomic E-state index is -0.478. The van der Waals surface area contributed by atoms with Crippen LogP contribution in [0.1, 0.15) is 37.7 Å². The molecule has 3 rings (SSSR count). The van der Waals surface area contributed by atoms with E-state index in [1.807, 2.05) is 17.0 Å². The van der Waals surface area contributed by atoms with Crippen LogP contribution in [-0.2, 0) is 11.2 Å². The fraction of sp³-hybridized carbons (Fsp3) is 0.588. The number of likely N-dealkylation sites (tertiary alicyclic amines) is 1. The lowest BCUT2D eigenvalue weighted by molar-refractivity contribution is -0.137. The molecule has 2 aliphatic rings. The Hall–Kier alpha value is -1.55. The lowest BCUT2D eigenvalue weighted by Crippen LogP contribution is -2.52. The lowest BCUT2D eigenvalue weighted by atomic mass is 9.91. The Labute approximate surface area is 125 Å². The molecule has 3 N–H and O–H groups in total. The van der Waals surface area contributed by atoms with E-state index >= 15 is 0 Å². The number of nitrogens with zero attached hydrogens (tertiary/aromatic N) is 1. The van der Waals surface area contributed by atoms with Gasteiger partial charge < -0.3 is 15.7 Å². The van der Waals surface area contributed by atoms with Gasteiger partial charge >= 0.3 is 0 Å². The van der Waals surface area contributed by atoms with Crippen LogP contribution in [0.5, 0.6) is 5.75 Å². The fourth-order valence-electron chi connectivity index (χ4n) is 3.91. The van der Waals surface area contributed by atoms with E-state index in [9.17, 15) is 9.90 Å². The molecule has 1 aromatic rings. The van der Waals surface area contributed by atoms with Gasteiger partial charge in [0, 0.05) is 12.6 Å². The molecule has 1 aromatic carbocycles. The van der Waals surface area contributed by atoms with Gasteiger partial charge in [0.2, 0.25) is 5.91 Å². The zero-order valence-electron chi connectivity index (χ0n) is 12.4. The molecule has 2 fully saturated rings. The maximum Gasteiger partial charge on any atom is 0.240 e. The smallest absolute Gasteiger partial charge is 0.240 e. The van der Waals surface area contributed by atoms with Gasteiger partial charge in [0.15, 0.2) is 0 Å². The van der Waals surface area contributed by atoms with Crippen LogP contribution < -0.4 is 5.73 Å². The highest BCUT2D eigenvalue weighted by atomic mass is 16.3. The third kappa shape index (κ3) is 3.05. The molecule has 1 amide bonds. The number of benzene rings is 1. The normalized spacial score (nSPS) is 26.4. The number of nitrogens with two attached hydrogens (primary N) is 1. The summed E-state index contributed by atoms with van der Waals surface area (Å²) < 4.78 is 0. The summed E-state index contributed by atoms with van der Waals surface area (Å²) in [6.07, 6.45) is 6.56. The quantitative estimate of drug-likeness (QED) is 0.894. The number of phenols is 1. The van der Waals surface area contributed by atoms with Crippen molar-refractivity contribution < 1.29 is 9.90 Å². The first-order valence-electron chi connectivity index (χ1n) is 7.99. The molecule has 114 valence electrons. The highest BCUT2D eigenvalue weighted by molar-refractivity contribution is 5.82. The van der Waals surface area contributed by atoms with Gasteiger partial charge in [0.25, 0.3) is 0 Å². The second-order valence-corrected chi connectivity index (χ2v) is 6.41. The number of carbonyl (C=O) groups is 1. The van der Waals surface area contributed by atoms with Crippen molar-refractivity contribution in [3.8, 4) is 5.75 Å². The monoisotopic (exact) mass is 288 g/mol. The van der Waals surface area contributed by atoms with Gasteiger partial charge in [-0.15, -0.1) is 0 Å². The average molecular weight is 288 g/mol. The summed E-state index contributed by atoms with van der Waals surface area (Å²) in [6, 6.07) is 6.89. The van der Waals surface area contributed by atoms with Crippen LogP contribution >= 0.6 is 0 Å². The zero-order valence-corrected chi connectivity index (χ0v) is 12.4. The van der Waals surface area contributed by atoms with Crippen LogP contribution in [0.4, 0.5) is 0 Å². The Morgan fingerprint density at radius 2 is 1.95 bits per heavy atom. The molecule has 0 radical (unpaired) electrons. The summed E-state index contributed by atoms with van der Waals surface area (Å²) in [5.41, 5.74) is 7.14. The summed E-state index contributed by atoms with van der Waals surface area (Å²) in [5, 5.41) is 9.30. The van der Waals surface area contributed by atoms with E-state index in [4.69, 9.17) is 5.73 Å². The van der Waals surface area contributed by atoms with Crippen LogP contribution in [0.2, 0.25) is 0 Å². The van der Waals surface area contributed by atoms with E-state index in [0.29, 0.717) is 18.4 Å². The van der Waals surface area contributed by atoms with Crippen LogP contribution in [-0.4, -0.2) is 34.5 Å². The van der Waals surface area contributed by atoms with E-state index in [2.05, 4.69) is 0 Å². The number of hydrogen-bond donors (Lipinski definition) is 2. The molecule has 21 heavy (non-hydrogen) atoms. The van der Waals surface area contributed by atoms with E-state index in [0.717, 1.165) is 24.9 Å². The van der Waals surface area contributed by atoms with E-state index < -0.39 is 6.04 Å². The Morgan fingerprint density at radius 1 is 1.24 bits per heavy atom. The SMILES string of the molecule is NC(Cc1ccc(O)cc1)C(=O)N1CCCC2CCCC21. The third-order valence-electron chi connectivity index (χ3n) is 4.99. The van der Waals surface area contributed by atoms with Crippen molar-refractivity contribution in [2.45, 2.75) is 50.6 Å². The first-order chi connectivity index (χ1) is 10.1. The van der Waals surface area contributed by atoms with Gasteiger partial charge in [0.1, 0.15) is 5.75 Å². The predicted octanol–water partition coefficient (Wildman–Crippen LogP) is 2.05. The van der Waals surface area contributed by atoms with E-state index in [1.54, 1.807) is 12.1 Å². The number of aromatic hydroxyl groups is 1. The minimum absolute atomic E-state index is 0.0969. The van der Waals surface area contributed by atoms with Crippen molar-refractivity contribution in [3.63, 3.8) is 0 Å². The molecule has 1 saturated carbocycles. The molecular formula is C17H24N2O2. The summed E-state index contributed by atoms with van der Waals surface area (Å²) >= 11 is 0. The van der Waals surface area contributed by atoms with Crippen molar-refractivity contribution in [2.75, 3.05) is 6.54 Å². The van der Waals surface area contributed by atoms with Gasteiger partial charge in [-0.2, -0.15) is 0 Å². The van der Waals surface area contributed by atoms with Crippen LogP contribution in [0.3, 0.4) is 0 Å². The molecule has 1 aliphatic carbocycles. The highest BCUT2D eigenvalue weighted by Crippen LogP contribution is 2.37. The molecule has 1 saturated heterocycles. The molecule has 0 spiro atoms. The van der Waals surface area contributed by atoms with Crippen molar-refractivity contribution in [3.05, 3.63) is 29.8 Å². The van der Waals surface area contributed by atoms with Crippen molar-refractivity contribution in [1.29, 1.82) is 0 Å². The molecule has 0 bridgehead atoms. The molecule has 3 atom stereocenters. The number of amides is 1. The summed E-state index contributed by atoms with van der Waals surface area (Å²) in [5.74, 6) is 1.03. The average Bonchev–Trinajstić information content (AvgIpc) is 2.97. The van der Waals surface area contributed by atoms with E-state index in [-0.39, 0.29) is 11.7 Å². The van der Waals surface area contributed by atoms with Gasteiger partial charge in [-0.1, -0.05) is 18.6 Å². The van der Waals surface area contributed by atoms with Crippen LogP contribution in [0.25, 0.3) is 0 Å². The number of phenolic OH excluding ortho intramolecular Hbond substituents is 1. The summed E-state index contributed by atoms with van der Waals surface area (Å²) in [6.45, 7) is 0.864. The number of hydrogen-bond acceptors (Lipinski definition) is 3. The molecule has 1 heterocycles. The van der Waals surface area contributed by atoms with E-state index in [1.165, 1.54) is 19.3 Å². The van der Waals surface area contributed by atoms with Crippen molar-refractivity contribution in [2.24, 2.45) is 11.7 Å². The second kappa shape index (κ2) is 6.06. The zero-order chi connectivity index (χ0) is 14.8. The topological polar surface area (TPSA) is 66.6 Å².